The summed E-state index contributed by atoms with van der Waals surface area (Å²) in [6.45, 7) is 0.453. The molecule has 0 unspecified atom stereocenters. The predicted octanol–water partition coefficient (Wildman–Crippen LogP) is 2.46. The number of amides is 1. The van der Waals surface area contributed by atoms with Crippen LogP contribution in [0.4, 0.5) is 26.3 Å². The van der Waals surface area contributed by atoms with Crippen molar-refractivity contribution < 1.29 is 45.8 Å². The molecule has 5 nitrogen and oxygen atoms in total. The molecule has 1 heterocycles. The van der Waals surface area contributed by atoms with Crippen molar-refractivity contribution in [2.45, 2.75) is 12.4 Å². The van der Waals surface area contributed by atoms with Crippen LogP contribution < -0.4 is 10.1 Å². The Morgan fingerprint density at radius 3 is 2.22 bits per heavy atom. The van der Waals surface area contributed by atoms with Gasteiger partial charge in [0.25, 0.3) is 5.91 Å². The van der Waals surface area contributed by atoms with Gasteiger partial charge in [-0.25, -0.2) is 4.79 Å². The van der Waals surface area contributed by atoms with Gasteiger partial charge in [0.1, 0.15) is 12.4 Å². The summed E-state index contributed by atoms with van der Waals surface area (Å²) in [5.74, 6) is -3.20. The van der Waals surface area contributed by atoms with E-state index in [0.717, 1.165) is 18.2 Å². The van der Waals surface area contributed by atoms with Crippen molar-refractivity contribution >= 4 is 11.9 Å². The number of alkyl halides is 6. The van der Waals surface area contributed by atoms with Crippen LogP contribution in [-0.4, -0.2) is 36.3 Å². The highest BCUT2D eigenvalue weighted by atomic mass is 19.4. The van der Waals surface area contributed by atoms with Crippen LogP contribution in [0.5, 0.6) is 5.75 Å². The van der Waals surface area contributed by atoms with E-state index in [1.165, 1.54) is 0 Å². The molecule has 0 bridgehead atoms. The van der Waals surface area contributed by atoms with Crippen LogP contribution in [0.25, 0.3) is 0 Å². The second-order valence-electron chi connectivity index (χ2n) is 4.12. The van der Waals surface area contributed by atoms with Crippen LogP contribution in [0.3, 0.4) is 0 Å². The molecule has 0 aromatic heterocycles. The molecule has 1 aliphatic rings. The number of hydrogen-bond acceptors (Lipinski definition) is 3. The van der Waals surface area contributed by atoms with Crippen molar-refractivity contribution in [1.29, 1.82) is 0 Å². The lowest BCUT2D eigenvalue weighted by atomic mass is 10.1. The fourth-order valence-corrected chi connectivity index (χ4v) is 1.43. The van der Waals surface area contributed by atoms with E-state index in [4.69, 9.17) is 14.6 Å². The van der Waals surface area contributed by atoms with Gasteiger partial charge in [-0.2, -0.15) is 26.3 Å². The summed E-state index contributed by atoms with van der Waals surface area (Å²) in [4.78, 5) is 20.3. The maximum Gasteiger partial charge on any atom is 0.490 e. The smallest absolute Gasteiger partial charge is 0.490 e. The van der Waals surface area contributed by atoms with E-state index in [2.05, 4.69) is 5.32 Å². The minimum absolute atomic E-state index is 0.0233. The Bertz CT molecular complexity index is 596. The molecule has 0 atom stereocenters. The summed E-state index contributed by atoms with van der Waals surface area (Å²) in [5.41, 5.74) is -0.688. The highest BCUT2D eigenvalue weighted by Crippen LogP contribution is 2.33. The Morgan fingerprint density at radius 1 is 1.17 bits per heavy atom. The maximum atomic E-state index is 12.4. The number of carbonyl (C=O) groups excluding carboxylic acids is 1. The van der Waals surface area contributed by atoms with Crippen LogP contribution in [-0.2, 0) is 11.0 Å². The number of rotatable bonds is 0. The molecule has 11 heteroatoms. The summed E-state index contributed by atoms with van der Waals surface area (Å²) >= 11 is 0. The van der Waals surface area contributed by atoms with Crippen molar-refractivity contribution in [3.63, 3.8) is 0 Å². The Kier molecular flexibility index (Phi) is 5.46. The molecule has 0 radical (unpaired) electrons. The van der Waals surface area contributed by atoms with Crippen LogP contribution in [0.1, 0.15) is 15.9 Å². The van der Waals surface area contributed by atoms with E-state index in [0.29, 0.717) is 0 Å². The summed E-state index contributed by atoms with van der Waals surface area (Å²) in [5, 5.41) is 9.64. The van der Waals surface area contributed by atoms with Crippen molar-refractivity contribution in [2.24, 2.45) is 0 Å². The second kappa shape index (κ2) is 6.75. The van der Waals surface area contributed by atoms with Gasteiger partial charge >= 0.3 is 18.3 Å². The first-order valence-electron chi connectivity index (χ1n) is 5.85. The zero-order valence-electron chi connectivity index (χ0n) is 11.1. The first kappa shape index (κ1) is 18.6. The molecule has 128 valence electrons. The predicted molar refractivity (Wildman–Crippen MR) is 63.0 cm³/mol. The van der Waals surface area contributed by atoms with E-state index in [1.807, 2.05) is 0 Å². The number of halogens is 6. The molecule has 2 N–H and O–H groups in total. The average Bonchev–Trinajstić information content (AvgIpc) is 2.59. The number of aliphatic carboxylic acids is 1. The number of ether oxygens (including phenoxy) is 1. The third kappa shape index (κ3) is 5.34. The first-order valence-corrected chi connectivity index (χ1v) is 5.85. The van der Waals surface area contributed by atoms with Gasteiger partial charge in [-0.1, -0.05) is 0 Å². The number of hydrogen-bond donors (Lipinski definition) is 2. The maximum absolute atomic E-state index is 12.4. The Labute approximate surface area is 124 Å². The molecule has 1 amide bonds. The topological polar surface area (TPSA) is 75.6 Å². The Morgan fingerprint density at radius 2 is 1.74 bits per heavy atom. The molecular weight excluding hydrogens is 336 g/mol. The lowest BCUT2D eigenvalue weighted by Crippen LogP contribution is -2.24. The van der Waals surface area contributed by atoms with Crippen LogP contribution >= 0.6 is 0 Å². The molecule has 0 saturated carbocycles. The molecule has 0 saturated heterocycles. The summed E-state index contributed by atoms with van der Waals surface area (Å²) < 4.78 is 74.0. The summed E-state index contributed by atoms with van der Waals surface area (Å²) in [7, 11) is 0. The number of benzene rings is 1. The van der Waals surface area contributed by atoms with E-state index in [-0.39, 0.29) is 24.5 Å². The largest absolute Gasteiger partial charge is 0.491 e. The van der Waals surface area contributed by atoms with Gasteiger partial charge in [0.2, 0.25) is 0 Å². The van der Waals surface area contributed by atoms with Gasteiger partial charge < -0.3 is 15.2 Å². The number of carboxylic acid groups (broad SMARTS) is 1. The van der Waals surface area contributed by atoms with E-state index >= 15 is 0 Å². The second-order valence-corrected chi connectivity index (χ2v) is 4.12. The molecule has 1 aromatic carbocycles. The summed E-state index contributed by atoms with van der Waals surface area (Å²) in [6, 6.07) is 2.84. The normalized spacial score (nSPS) is 14.4. The van der Waals surface area contributed by atoms with Crippen LogP contribution in [0, 0.1) is 0 Å². The zero-order chi connectivity index (χ0) is 17.8. The number of carboxylic acids is 1. The van der Waals surface area contributed by atoms with E-state index < -0.39 is 29.8 Å². The van der Waals surface area contributed by atoms with Gasteiger partial charge in [0.15, 0.2) is 0 Å². The van der Waals surface area contributed by atoms with Gasteiger partial charge in [-0.15, -0.1) is 0 Å². The molecule has 1 aromatic rings. The van der Waals surface area contributed by atoms with E-state index in [9.17, 15) is 31.1 Å². The van der Waals surface area contributed by atoms with Gasteiger partial charge in [-0.3, -0.25) is 4.79 Å². The molecule has 0 aliphatic carbocycles. The highest BCUT2D eigenvalue weighted by molar-refractivity contribution is 5.97. The monoisotopic (exact) mass is 345 g/mol. The zero-order valence-corrected chi connectivity index (χ0v) is 11.1. The van der Waals surface area contributed by atoms with Gasteiger partial charge in [0.05, 0.1) is 17.7 Å². The third-order valence-corrected chi connectivity index (χ3v) is 2.44. The van der Waals surface area contributed by atoms with Crippen LogP contribution in [0.15, 0.2) is 18.2 Å². The number of fused-ring (bicyclic) bond motifs is 1. The fraction of sp³-hybridized carbons (Fsp3) is 0.333. The SMILES string of the molecule is O=C(O)C(F)(F)F.O=C1NCCOc2cc(C(F)(F)F)ccc21. The third-order valence-electron chi connectivity index (χ3n) is 2.44. The summed E-state index contributed by atoms with van der Waals surface area (Å²) in [6.07, 6.45) is -9.51. The highest BCUT2D eigenvalue weighted by Gasteiger charge is 2.38. The average molecular weight is 345 g/mol. The molecule has 0 fully saturated rings. The first-order chi connectivity index (χ1) is 10.4. The number of carbonyl (C=O) groups is 2. The standard InChI is InChI=1S/C10H8F3NO2.C2HF3O2/c11-10(12,13)6-1-2-7-8(5-6)16-4-3-14-9(7)15;3-2(4,5)1(6)7/h1-2,5H,3-4H2,(H,14,15);(H,6,7). The van der Waals surface area contributed by atoms with E-state index in [1.54, 1.807) is 0 Å². The quantitative estimate of drug-likeness (QED) is 0.709. The minimum Gasteiger partial charge on any atom is -0.491 e. The Hall–Kier alpha value is -2.46. The number of nitrogens with one attached hydrogen (secondary N) is 1. The fourth-order valence-electron chi connectivity index (χ4n) is 1.43. The van der Waals surface area contributed by atoms with Crippen molar-refractivity contribution in [2.75, 3.05) is 13.2 Å². The molecule has 2 rings (SSSR count). The lowest BCUT2D eigenvalue weighted by molar-refractivity contribution is -0.192. The molecule has 1 aliphatic heterocycles. The van der Waals surface area contributed by atoms with Crippen molar-refractivity contribution in [1.82, 2.24) is 5.32 Å². The van der Waals surface area contributed by atoms with Crippen molar-refractivity contribution in [3.05, 3.63) is 29.3 Å². The van der Waals surface area contributed by atoms with Crippen LogP contribution in [0.2, 0.25) is 0 Å². The van der Waals surface area contributed by atoms with Gasteiger partial charge in [-0.05, 0) is 18.2 Å². The Balaban J connectivity index is 0.000000322. The van der Waals surface area contributed by atoms with Gasteiger partial charge in [0, 0.05) is 0 Å². The minimum atomic E-state index is -5.08. The van der Waals surface area contributed by atoms with Crippen molar-refractivity contribution in [3.8, 4) is 5.75 Å². The lowest BCUT2D eigenvalue weighted by Gasteiger charge is -2.10. The molecule has 23 heavy (non-hydrogen) atoms. The molecule has 0 spiro atoms. The molecular formula is C12H9F6NO4.